The Morgan fingerprint density at radius 3 is 2.45 bits per heavy atom. The zero-order chi connectivity index (χ0) is 24.0. The Hall–Kier alpha value is -2.71. The summed E-state index contributed by atoms with van der Waals surface area (Å²) in [6, 6.07) is 13.0. The van der Waals surface area contributed by atoms with Crippen LogP contribution in [0.2, 0.25) is 0 Å². The largest absolute Gasteiger partial charge is 0.488 e. The molecule has 0 unspecified atom stereocenters. The van der Waals surface area contributed by atoms with Gasteiger partial charge in [-0.25, -0.2) is 8.42 Å². The Morgan fingerprint density at radius 2 is 1.79 bits per heavy atom. The van der Waals surface area contributed by atoms with Gasteiger partial charge in [0.2, 0.25) is 21.7 Å². The molecule has 1 aliphatic heterocycles. The number of rotatable bonds is 5. The van der Waals surface area contributed by atoms with E-state index in [-0.39, 0.29) is 28.3 Å². The molecule has 0 amide bonds. The molecule has 0 radical (unpaired) electrons. The van der Waals surface area contributed by atoms with Crippen molar-refractivity contribution in [3.63, 3.8) is 0 Å². The van der Waals surface area contributed by atoms with Crippen LogP contribution in [0.15, 0.2) is 51.9 Å². The van der Waals surface area contributed by atoms with Gasteiger partial charge in [0.15, 0.2) is 0 Å². The second-order valence-electron chi connectivity index (χ2n) is 10.2. The number of ether oxygens (including phenoxy) is 1. The van der Waals surface area contributed by atoms with Crippen molar-refractivity contribution in [3.8, 4) is 17.1 Å². The van der Waals surface area contributed by atoms with E-state index in [0.29, 0.717) is 5.82 Å². The zero-order valence-electron chi connectivity index (χ0n) is 20.0. The summed E-state index contributed by atoms with van der Waals surface area (Å²) in [7, 11) is -2.22. The standard InChI is InChI=1S/C25H31N3O4S/c1-24(2,3)19-9-7-17(8-10-19)23-26-22(32-27-23)16-28(6)33(29,30)20-11-12-21-18(15-20)13-14-25(4,5)31-21/h7-12,15H,13-14,16H2,1-6H3. The van der Waals surface area contributed by atoms with Gasteiger partial charge in [0.1, 0.15) is 11.4 Å². The van der Waals surface area contributed by atoms with Gasteiger partial charge in [-0.3, -0.25) is 0 Å². The van der Waals surface area contributed by atoms with Gasteiger partial charge >= 0.3 is 0 Å². The van der Waals surface area contributed by atoms with Crippen molar-refractivity contribution in [2.75, 3.05) is 7.05 Å². The highest BCUT2D eigenvalue weighted by molar-refractivity contribution is 7.89. The first-order chi connectivity index (χ1) is 15.3. The van der Waals surface area contributed by atoms with Gasteiger partial charge in [0.25, 0.3) is 0 Å². The number of hydrogen-bond donors (Lipinski definition) is 0. The Morgan fingerprint density at radius 1 is 1.09 bits per heavy atom. The highest BCUT2D eigenvalue weighted by Crippen LogP contribution is 2.35. The number of aromatic nitrogens is 2. The van der Waals surface area contributed by atoms with E-state index in [1.54, 1.807) is 18.2 Å². The summed E-state index contributed by atoms with van der Waals surface area (Å²) >= 11 is 0. The minimum absolute atomic E-state index is 0.0178. The zero-order valence-corrected chi connectivity index (χ0v) is 20.9. The van der Waals surface area contributed by atoms with Crippen molar-refractivity contribution in [1.29, 1.82) is 0 Å². The summed E-state index contributed by atoms with van der Waals surface area (Å²) in [4.78, 5) is 4.63. The van der Waals surface area contributed by atoms with Crippen LogP contribution in [-0.4, -0.2) is 35.5 Å². The van der Waals surface area contributed by atoms with Crippen LogP contribution in [0.25, 0.3) is 11.4 Å². The molecule has 33 heavy (non-hydrogen) atoms. The molecule has 0 saturated heterocycles. The first-order valence-electron chi connectivity index (χ1n) is 11.1. The Bertz CT molecular complexity index is 1260. The van der Waals surface area contributed by atoms with Crippen LogP contribution in [0.1, 0.15) is 58.1 Å². The van der Waals surface area contributed by atoms with E-state index in [2.05, 4.69) is 30.9 Å². The molecule has 0 spiro atoms. The van der Waals surface area contributed by atoms with Gasteiger partial charge in [-0.15, -0.1) is 0 Å². The van der Waals surface area contributed by atoms with Crippen molar-refractivity contribution in [2.45, 2.75) is 69.9 Å². The van der Waals surface area contributed by atoms with Crippen LogP contribution in [0.5, 0.6) is 5.75 Å². The molecule has 0 saturated carbocycles. The normalized spacial score (nSPS) is 15.8. The van der Waals surface area contributed by atoms with Gasteiger partial charge in [-0.05, 0) is 61.4 Å². The van der Waals surface area contributed by atoms with Gasteiger partial charge < -0.3 is 9.26 Å². The van der Waals surface area contributed by atoms with Crippen LogP contribution < -0.4 is 4.74 Å². The minimum Gasteiger partial charge on any atom is -0.488 e. The third-order valence-corrected chi connectivity index (χ3v) is 7.76. The number of sulfonamides is 1. The monoisotopic (exact) mass is 469 g/mol. The summed E-state index contributed by atoms with van der Waals surface area (Å²) in [5.74, 6) is 1.41. The predicted molar refractivity (Wildman–Crippen MR) is 127 cm³/mol. The summed E-state index contributed by atoms with van der Waals surface area (Å²) in [6.45, 7) is 10.5. The van der Waals surface area contributed by atoms with Crippen LogP contribution >= 0.6 is 0 Å². The molecule has 8 heteroatoms. The number of benzene rings is 2. The van der Waals surface area contributed by atoms with E-state index in [0.717, 1.165) is 29.7 Å². The first-order valence-corrected chi connectivity index (χ1v) is 12.5. The highest BCUT2D eigenvalue weighted by atomic mass is 32.2. The lowest BCUT2D eigenvalue weighted by Gasteiger charge is -2.32. The Labute approximate surface area is 195 Å². The molecular weight excluding hydrogens is 438 g/mol. The molecule has 0 atom stereocenters. The summed E-state index contributed by atoms with van der Waals surface area (Å²) in [5, 5.41) is 4.03. The van der Waals surface area contributed by atoms with Gasteiger partial charge in [0.05, 0.1) is 11.4 Å². The Balaban J connectivity index is 1.49. The molecule has 0 aliphatic carbocycles. The molecule has 2 heterocycles. The Kier molecular flexibility index (Phi) is 5.87. The van der Waals surface area contributed by atoms with Crippen molar-refractivity contribution in [3.05, 3.63) is 59.5 Å². The molecule has 176 valence electrons. The molecule has 1 aromatic heterocycles. The third kappa shape index (κ3) is 4.96. The van der Waals surface area contributed by atoms with Gasteiger partial charge in [-0.2, -0.15) is 9.29 Å². The number of fused-ring (bicyclic) bond motifs is 1. The van der Waals surface area contributed by atoms with E-state index in [1.165, 1.54) is 16.9 Å². The van der Waals surface area contributed by atoms with Crippen LogP contribution in [0, 0.1) is 0 Å². The smallest absolute Gasteiger partial charge is 0.243 e. The molecule has 7 nitrogen and oxygen atoms in total. The fourth-order valence-electron chi connectivity index (χ4n) is 3.81. The SMILES string of the molecule is CN(Cc1nc(-c2ccc(C(C)(C)C)cc2)no1)S(=O)(=O)c1ccc2c(c1)CCC(C)(C)O2. The summed E-state index contributed by atoms with van der Waals surface area (Å²) < 4.78 is 38.8. The van der Waals surface area contributed by atoms with Gasteiger partial charge in [-0.1, -0.05) is 50.2 Å². The van der Waals surface area contributed by atoms with Gasteiger partial charge in [0, 0.05) is 12.6 Å². The van der Waals surface area contributed by atoms with Crippen LogP contribution in [0.4, 0.5) is 0 Å². The second-order valence-corrected chi connectivity index (χ2v) is 12.3. The lowest BCUT2D eigenvalue weighted by molar-refractivity contribution is 0.0845. The quantitative estimate of drug-likeness (QED) is 0.525. The van der Waals surface area contributed by atoms with Crippen molar-refractivity contribution in [1.82, 2.24) is 14.4 Å². The molecule has 1 aliphatic rings. The molecule has 3 aromatic rings. The average molecular weight is 470 g/mol. The van der Waals surface area contributed by atoms with E-state index in [1.807, 2.05) is 38.1 Å². The number of aryl methyl sites for hydroxylation is 1. The molecule has 0 bridgehead atoms. The maximum atomic E-state index is 13.2. The van der Waals surface area contributed by atoms with E-state index >= 15 is 0 Å². The van der Waals surface area contributed by atoms with Crippen LogP contribution in [0.3, 0.4) is 0 Å². The summed E-state index contributed by atoms with van der Waals surface area (Å²) in [5.41, 5.74) is 2.74. The van der Waals surface area contributed by atoms with Crippen molar-refractivity contribution >= 4 is 10.0 Å². The fraction of sp³-hybridized carbons (Fsp3) is 0.440. The topological polar surface area (TPSA) is 85.5 Å². The average Bonchev–Trinajstić information content (AvgIpc) is 3.20. The molecule has 2 aromatic carbocycles. The second kappa shape index (κ2) is 8.25. The van der Waals surface area contributed by atoms with E-state index in [9.17, 15) is 8.42 Å². The maximum Gasteiger partial charge on any atom is 0.243 e. The maximum absolute atomic E-state index is 13.2. The molecule has 4 rings (SSSR count). The van der Waals surface area contributed by atoms with Crippen molar-refractivity contribution < 1.29 is 17.7 Å². The van der Waals surface area contributed by atoms with E-state index in [4.69, 9.17) is 9.26 Å². The third-order valence-electron chi connectivity index (χ3n) is 5.96. The number of hydrogen-bond acceptors (Lipinski definition) is 6. The highest BCUT2D eigenvalue weighted by Gasteiger charge is 2.29. The molecule has 0 fully saturated rings. The summed E-state index contributed by atoms with van der Waals surface area (Å²) in [6.07, 6.45) is 1.61. The lowest BCUT2D eigenvalue weighted by atomic mass is 9.87. The molecule has 0 N–H and O–H groups in total. The number of nitrogens with zero attached hydrogens (tertiary/aromatic N) is 3. The first kappa shape index (κ1) is 23.4. The van der Waals surface area contributed by atoms with E-state index < -0.39 is 10.0 Å². The predicted octanol–water partition coefficient (Wildman–Crippen LogP) is 4.96. The molecular formula is C25H31N3O4S. The van der Waals surface area contributed by atoms with Crippen molar-refractivity contribution in [2.24, 2.45) is 0 Å². The van der Waals surface area contributed by atoms with Crippen LogP contribution in [-0.2, 0) is 28.4 Å². The lowest BCUT2D eigenvalue weighted by Crippen LogP contribution is -2.33. The fourth-order valence-corrected chi connectivity index (χ4v) is 4.98. The minimum atomic E-state index is -3.73.